The zero-order chi connectivity index (χ0) is 9.94. The third-order valence-corrected chi connectivity index (χ3v) is 1.62. The minimum atomic E-state index is -0.162. The Bertz CT molecular complexity index is 155. The van der Waals surface area contributed by atoms with Gasteiger partial charge in [-0.15, -0.1) is 0 Å². The molecule has 0 aliphatic carbocycles. The van der Waals surface area contributed by atoms with E-state index in [0.717, 1.165) is 13.0 Å². The summed E-state index contributed by atoms with van der Waals surface area (Å²) >= 11 is 0. The van der Waals surface area contributed by atoms with Crippen molar-refractivity contribution in [2.45, 2.75) is 26.2 Å². The second-order valence-corrected chi connectivity index (χ2v) is 2.79. The van der Waals surface area contributed by atoms with Crippen molar-refractivity contribution in [3.63, 3.8) is 0 Å². The zero-order valence-electron chi connectivity index (χ0n) is 8.51. The SMILES string of the molecule is CCCC=CCNCCC(=O)OC. The van der Waals surface area contributed by atoms with Crippen LogP contribution in [0.25, 0.3) is 0 Å². The van der Waals surface area contributed by atoms with Crippen LogP contribution in [0.2, 0.25) is 0 Å². The molecule has 0 aliphatic heterocycles. The molecule has 3 nitrogen and oxygen atoms in total. The van der Waals surface area contributed by atoms with Gasteiger partial charge in [0.15, 0.2) is 0 Å². The molecule has 0 aliphatic rings. The van der Waals surface area contributed by atoms with Crippen molar-refractivity contribution in [2.75, 3.05) is 20.2 Å². The van der Waals surface area contributed by atoms with E-state index >= 15 is 0 Å². The lowest BCUT2D eigenvalue weighted by molar-refractivity contribution is -0.140. The summed E-state index contributed by atoms with van der Waals surface area (Å²) in [5, 5.41) is 3.12. The fraction of sp³-hybridized carbons (Fsp3) is 0.700. The number of unbranched alkanes of at least 4 members (excludes halogenated alkanes) is 1. The third-order valence-electron chi connectivity index (χ3n) is 1.62. The zero-order valence-corrected chi connectivity index (χ0v) is 8.51. The maximum absolute atomic E-state index is 10.7. The fourth-order valence-corrected chi connectivity index (χ4v) is 0.846. The summed E-state index contributed by atoms with van der Waals surface area (Å²) in [7, 11) is 1.41. The molecule has 0 saturated carbocycles. The van der Waals surface area contributed by atoms with Crippen LogP contribution in [-0.4, -0.2) is 26.2 Å². The Balaban J connectivity index is 3.12. The molecule has 76 valence electrons. The van der Waals surface area contributed by atoms with Gasteiger partial charge < -0.3 is 10.1 Å². The van der Waals surface area contributed by atoms with E-state index < -0.39 is 0 Å². The molecule has 0 amide bonds. The third kappa shape index (κ3) is 9.08. The van der Waals surface area contributed by atoms with Crippen LogP contribution in [0.1, 0.15) is 26.2 Å². The summed E-state index contributed by atoms with van der Waals surface area (Å²) < 4.78 is 4.50. The maximum Gasteiger partial charge on any atom is 0.306 e. The highest BCUT2D eigenvalue weighted by molar-refractivity contribution is 5.69. The van der Waals surface area contributed by atoms with Gasteiger partial charge in [0.2, 0.25) is 0 Å². The molecule has 1 N–H and O–H groups in total. The lowest BCUT2D eigenvalue weighted by Gasteiger charge is -1.99. The number of carbonyl (C=O) groups is 1. The highest BCUT2D eigenvalue weighted by atomic mass is 16.5. The number of allylic oxidation sites excluding steroid dienone is 1. The minimum Gasteiger partial charge on any atom is -0.469 e. The lowest BCUT2D eigenvalue weighted by atomic mass is 10.3. The Labute approximate surface area is 80.2 Å². The molecule has 3 heteroatoms. The number of hydrogen-bond acceptors (Lipinski definition) is 3. The lowest BCUT2D eigenvalue weighted by Crippen LogP contribution is -2.18. The molecule has 0 fully saturated rings. The van der Waals surface area contributed by atoms with Gasteiger partial charge in [0.1, 0.15) is 0 Å². The fourth-order valence-electron chi connectivity index (χ4n) is 0.846. The molecular formula is C10H19NO2. The van der Waals surface area contributed by atoms with Crippen molar-refractivity contribution in [1.29, 1.82) is 0 Å². The first-order chi connectivity index (χ1) is 6.31. The van der Waals surface area contributed by atoms with Gasteiger partial charge in [0, 0.05) is 13.1 Å². The monoisotopic (exact) mass is 185 g/mol. The van der Waals surface area contributed by atoms with E-state index in [4.69, 9.17) is 0 Å². The summed E-state index contributed by atoms with van der Waals surface area (Å²) in [5.41, 5.74) is 0. The molecule has 0 unspecified atom stereocenters. The normalized spacial score (nSPS) is 10.6. The van der Waals surface area contributed by atoms with E-state index in [1.165, 1.54) is 13.5 Å². The molecule has 0 bridgehead atoms. The molecule has 0 radical (unpaired) electrons. The number of ether oxygens (including phenoxy) is 1. The summed E-state index contributed by atoms with van der Waals surface area (Å²) in [5.74, 6) is -0.162. The number of hydrogen-bond donors (Lipinski definition) is 1. The smallest absolute Gasteiger partial charge is 0.306 e. The van der Waals surface area contributed by atoms with Crippen LogP contribution in [0, 0.1) is 0 Å². The Kier molecular flexibility index (Phi) is 8.67. The first-order valence-electron chi connectivity index (χ1n) is 4.73. The van der Waals surface area contributed by atoms with Gasteiger partial charge in [-0.3, -0.25) is 4.79 Å². The van der Waals surface area contributed by atoms with Crippen molar-refractivity contribution < 1.29 is 9.53 Å². The molecule has 0 rings (SSSR count). The Morgan fingerprint density at radius 1 is 1.46 bits per heavy atom. The van der Waals surface area contributed by atoms with E-state index in [-0.39, 0.29) is 5.97 Å². The van der Waals surface area contributed by atoms with Gasteiger partial charge in [-0.05, 0) is 6.42 Å². The van der Waals surface area contributed by atoms with Gasteiger partial charge >= 0.3 is 5.97 Å². The van der Waals surface area contributed by atoms with Crippen LogP contribution >= 0.6 is 0 Å². The first kappa shape index (κ1) is 12.2. The van der Waals surface area contributed by atoms with E-state index in [9.17, 15) is 4.79 Å². The number of esters is 1. The minimum absolute atomic E-state index is 0.162. The van der Waals surface area contributed by atoms with Gasteiger partial charge in [-0.1, -0.05) is 25.5 Å². The van der Waals surface area contributed by atoms with Crippen molar-refractivity contribution in [3.8, 4) is 0 Å². The molecule has 0 aromatic rings. The van der Waals surface area contributed by atoms with Gasteiger partial charge in [0.25, 0.3) is 0 Å². The van der Waals surface area contributed by atoms with Crippen LogP contribution in [-0.2, 0) is 9.53 Å². The van der Waals surface area contributed by atoms with E-state index in [1.54, 1.807) is 0 Å². The molecule has 13 heavy (non-hydrogen) atoms. The Morgan fingerprint density at radius 3 is 2.85 bits per heavy atom. The molecule has 0 atom stereocenters. The van der Waals surface area contributed by atoms with Crippen LogP contribution in [0.5, 0.6) is 0 Å². The average molecular weight is 185 g/mol. The quantitative estimate of drug-likeness (QED) is 0.371. The molecule has 0 spiro atoms. The molecule has 0 aromatic heterocycles. The Morgan fingerprint density at radius 2 is 2.23 bits per heavy atom. The highest BCUT2D eigenvalue weighted by Gasteiger charge is 1.96. The highest BCUT2D eigenvalue weighted by Crippen LogP contribution is 1.87. The topological polar surface area (TPSA) is 38.3 Å². The Hall–Kier alpha value is -0.830. The molecular weight excluding hydrogens is 166 g/mol. The number of rotatable bonds is 7. The van der Waals surface area contributed by atoms with Crippen molar-refractivity contribution in [3.05, 3.63) is 12.2 Å². The van der Waals surface area contributed by atoms with Crippen molar-refractivity contribution in [1.82, 2.24) is 5.32 Å². The second-order valence-electron chi connectivity index (χ2n) is 2.79. The van der Waals surface area contributed by atoms with E-state index in [1.807, 2.05) is 0 Å². The van der Waals surface area contributed by atoms with Crippen LogP contribution in [0.15, 0.2) is 12.2 Å². The summed E-state index contributed by atoms with van der Waals surface area (Å²) in [6, 6.07) is 0. The standard InChI is InChI=1S/C10H19NO2/c1-3-4-5-6-8-11-9-7-10(12)13-2/h5-6,11H,3-4,7-9H2,1-2H3. The summed E-state index contributed by atoms with van der Waals surface area (Å²) in [6.07, 6.45) is 6.97. The number of methoxy groups -OCH3 is 1. The average Bonchev–Trinajstić information content (AvgIpc) is 2.16. The molecule has 0 saturated heterocycles. The molecule has 0 aromatic carbocycles. The predicted octanol–water partition coefficient (Wildman–Crippen LogP) is 1.50. The summed E-state index contributed by atoms with van der Waals surface area (Å²) in [4.78, 5) is 10.7. The van der Waals surface area contributed by atoms with Crippen LogP contribution in [0.4, 0.5) is 0 Å². The van der Waals surface area contributed by atoms with Gasteiger partial charge in [0.05, 0.1) is 13.5 Å². The predicted molar refractivity (Wildman–Crippen MR) is 53.6 cm³/mol. The van der Waals surface area contributed by atoms with Crippen molar-refractivity contribution in [2.24, 2.45) is 0 Å². The van der Waals surface area contributed by atoms with Gasteiger partial charge in [-0.2, -0.15) is 0 Å². The van der Waals surface area contributed by atoms with Crippen LogP contribution < -0.4 is 5.32 Å². The molecule has 0 heterocycles. The van der Waals surface area contributed by atoms with E-state index in [0.29, 0.717) is 13.0 Å². The maximum atomic E-state index is 10.7. The number of carbonyl (C=O) groups excluding carboxylic acids is 1. The largest absolute Gasteiger partial charge is 0.469 e. The second kappa shape index (κ2) is 9.26. The first-order valence-corrected chi connectivity index (χ1v) is 4.73. The van der Waals surface area contributed by atoms with E-state index in [2.05, 4.69) is 29.1 Å². The van der Waals surface area contributed by atoms with Crippen molar-refractivity contribution >= 4 is 5.97 Å². The number of nitrogens with one attached hydrogen (secondary N) is 1. The summed E-state index contributed by atoms with van der Waals surface area (Å²) in [6.45, 7) is 3.66. The van der Waals surface area contributed by atoms with Crippen LogP contribution in [0.3, 0.4) is 0 Å². The van der Waals surface area contributed by atoms with Gasteiger partial charge in [-0.25, -0.2) is 0 Å².